The van der Waals surface area contributed by atoms with Crippen molar-refractivity contribution in [3.63, 3.8) is 0 Å². The van der Waals surface area contributed by atoms with Crippen LogP contribution in [-0.2, 0) is 0 Å². The number of aromatic nitrogens is 1. The topological polar surface area (TPSA) is 37.3 Å². The molecule has 1 N–H and O–H groups in total. The van der Waals surface area contributed by atoms with E-state index >= 15 is 0 Å². The number of amides is 1. The van der Waals surface area contributed by atoms with Crippen molar-refractivity contribution < 1.29 is 9.18 Å². The van der Waals surface area contributed by atoms with Crippen LogP contribution in [0.4, 0.5) is 9.18 Å². The number of carbonyl (C=O) groups excluding carboxylic acids is 1. The van der Waals surface area contributed by atoms with Gasteiger partial charge in [0, 0.05) is 24.0 Å². The van der Waals surface area contributed by atoms with Crippen LogP contribution in [0, 0.1) is 5.82 Å². The van der Waals surface area contributed by atoms with Gasteiger partial charge >= 0.3 is 6.03 Å². The predicted molar refractivity (Wildman–Crippen MR) is 98.6 cm³/mol. The Hall–Kier alpha value is -2.37. The highest BCUT2D eigenvalue weighted by molar-refractivity contribution is 6.31. The molecule has 0 aliphatic rings. The van der Waals surface area contributed by atoms with Gasteiger partial charge in [0.05, 0.1) is 6.04 Å². The summed E-state index contributed by atoms with van der Waals surface area (Å²) in [5.41, 5.74) is 0.769. The van der Waals surface area contributed by atoms with Gasteiger partial charge in [-0.1, -0.05) is 41.9 Å². The third-order valence-electron chi connectivity index (χ3n) is 4.18. The number of nitrogens with zero attached hydrogens (tertiary/aromatic N) is 2. The van der Waals surface area contributed by atoms with Gasteiger partial charge in [0.25, 0.3) is 0 Å². The third-order valence-corrected chi connectivity index (χ3v) is 4.51. The monoisotopic (exact) mass is 359 g/mol. The minimum absolute atomic E-state index is 0.165. The van der Waals surface area contributed by atoms with Gasteiger partial charge in [-0.15, -0.1) is 0 Å². The molecule has 0 saturated heterocycles. The van der Waals surface area contributed by atoms with E-state index in [9.17, 15) is 9.18 Å². The number of hydrogen-bond donors (Lipinski definition) is 1. The minimum Gasteiger partial charge on any atom is -0.335 e. The zero-order chi connectivity index (χ0) is 18.0. The SMILES string of the molecule is CN(C)C(CNC(=O)n1cc2ccccc2c1)c1ccc(F)cc1Cl. The molecule has 3 rings (SSSR count). The Morgan fingerprint density at radius 1 is 1.20 bits per heavy atom. The van der Waals surface area contributed by atoms with Crippen molar-refractivity contribution in [1.29, 1.82) is 0 Å². The number of fused-ring (bicyclic) bond motifs is 1. The number of rotatable bonds is 4. The second kappa shape index (κ2) is 7.25. The van der Waals surface area contributed by atoms with Crippen LogP contribution in [0.5, 0.6) is 0 Å². The normalized spacial score (nSPS) is 12.5. The second-order valence-corrected chi connectivity index (χ2v) is 6.53. The lowest BCUT2D eigenvalue weighted by Crippen LogP contribution is -2.36. The Labute approximate surface area is 150 Å². The molecule has 0 aliphatic heterocycles. The molecular weight excluding hydrogens is 341 g/mol. The largest absolute Gasteiger partial charge is 0.335 e. The lowest BCUT2D eigenvalue weighted by atomic mass is 10.1. The summed E-state index contributed by atoms with van der Waals surface area (Å²) in [6, 6.07) is 11.7. The van der Waals surface area contributed by atoms with Crippen molar-refractivity contribution in [1.82, 2.24) is 14.8 Å². The van der Waals surface area contributed by atoms with Gasteiger partial charge in [-0.3, -0.25) is 4.57 Å². The van der Waals surface area contributed by atoms with Crippen LogP contribution in [0.2, 0.25) is 5.02 Å². The molecule has 0 fully saturated rings. The molecule has 130 valence electrons. The van der Waals surface area contributed by atoms with Crippen molar-refractivity contribution >= 4 is 28.4 Å². The van der Waals surface area contributed by atoms with Crippen LogP contribution >= 0.6 is 11.6 Å². The fourth-order valence-electron chi connectivity index (χ4n) is 2.82. The summed E-state index contributed by atoms with van der Waals surface area (Å²) in [5.74, 6) is -0.380. The van der Waals surface area contributed by atoms with E-state index < -0.39 is 0 Å². The molecule has 25 heavy (non-hydrogen) atoms. The summed E-state index contributed by atoms with van der Waals surface area (Å²) < 4.78 is 14.8. The van der Waals surface area contributed by atoms with Crippen LogP contribution in [0.1, 0.15) is 11.6 Å². The van der Waals surface area contributed by atoms with Crippen LogP contribution in [0.15, 0.2) is 54.9 Å². The van der Waals surface area contributed by atoms with E-state index in [1.54, 1.807) is 18.5 Å². The van der Waals surface area contributed by atoms with Crippen LogP contribution < -0.4 is 5.32 Å². The smallest absolute Gasteiger partial charge is 0.325 e. The van der Waals surface area contributed by atoms with E-state index in [2.05, 4.69) is 5.32 Å². The molecule has 1 amide bonds. The molecule has 0 aliphatic carbocycles. The highest BCUT2D eigenvalue weighted by Gasteiger charge is 2.19. The van der Waals surface area contributed by atoms with E-state index in [1.807, 2.05) is 43.3 Å². The molecule has 1 aromatic heterocycles. The summed E-state index contributed by atoms with van der Waals surface area (Å²) in [4.78, 5) is 14.4. The molecule has 0 bridgehead atoms. The predicted octanol–water partition coefficient (Wildman–Crippen LogP) is 4.29. The average molecular weight is 360 g/mol. The third kappa shape index (κ3) is 3.83. The first-order chi connectivity index (χ1) is 12.0. The molecule has 3 aromatic rings. The summed E-state index contributed by atoms with van der Waals surface area (Å²) in [5, 5.41) is 5.26. The number of nitrogens with one attached hydrogen (secondary N) is 1. The van der Waals surface area contributed by atoms with Gasteiger partial charge in [0.15, 0.2) is 0 Å². The molecule has 1 unspecified atom stereocenters. The Kier molecular flexibility index (Phi) is 5.06. The molecule has 1 heterocycles. The van der Waals surface area contributed by atoms with E-state index in [0.717, 1.165) is 16.3 Å². The van der Waals surface area contributed by atoms with Gasteiger partial charge < -0.3 is 10.2 Å². The molecule has 1 atom stereocenters. The summed E-state index contributed by atoms with van der Waals surface area (Å²) >= 11 is 6.17. The van der Waals surface area contributed by atoms with Gasteiger partial charge in [-0.25, -0.2) is 9.18 Å². The van der Waals surface area contributed by atoms with Crippen molar-refractivity contribution in [2.24, 2.45) is 0 Å². The number of carbonyl (C=O) groups is 1. The maximum atomic E-state index is 13.3. The molecule has 2 aromatic carbocycles. The first kappa shape index (κ1) is 17.5. The van der Waals surface area contributed by atoms with E-state index in [0.29, 0.717) is 11.6 Å². The number of halogens is 2. The Morgan fingerprint density at radius 3 is 2.40 bits per heavy atom. The van der Waals surface area contributed by atoms with Crippen molar-refractivity contribution in [2.45, 2.75) is 6.04 Å². The lowest BCUT2D eigenvalue weighted by molar-refractivity contribution is 0.234. The van der Waals surface area contributed by atoms with E-state index in [1.165, 1.54) is 16.7 Å². The van der Waals surface area contributed by atoms with Gasteiger partial charge in [0.1, 0.15) is 5.82 Å². The van der Waals surface area contributed by atoms with Gasteiger partial charge in [-0.2, -0.15) is 0 Å². The zero-order valence-corrected chi connectivity index (χ0v) is 14.8. The number of benzene rings is 2. The molecule has 0 radical (unpaired) electrons. The fraction of sp³-hybridized carbons (Fsp3) is 0.211. The lowest BCUT2D eigenvalue weighted by Gasteiger charge is -2.26. The minimum atomic E-state index is -0.380. The first-order valence-electron chi connectivity index (χ1n) is 7.92. The maximum absolute atomic E-state index is 13.3. The fourth-order valence-corrected chi connectivity index (χ4v) is 3.11. The number of likely N-dealkylation sites (N-methyl/N-ethyl adjacent to an activating group) is 1. The molecular formula is C19H19ClFN3O. The van der Waals surface area contributed by atoms with Crippen molar-refractivity contribution in [2.75, 3.05) is 20.6 Å². The second-order valence-electron chi connectivity index (χ2n) is 6.13. The standard InChI is InChI=1S/C19H19ClFN3O/c1-23(2)18(16-8-7-15(21)9-17(16)20)10-22-19(25)24-11-13-5-3-4-6-14(13)12-24/h3-9,11-12,18H,10H2,1-2H3,(H,22,25). The molecule has 0 spiro atoms. The Morgan fingerprint density at radius 2 is 1.84 bits per heavy atom. The quantitative estimate of drug-likeness (QED) is 0.754. The average Bonchev–Trinajstić information content (AvgIpc) is 3.00. The Bertz CT molecular complexity index is 874. The Balaban J connectivity index is 1.75. The van der Waals surface area contributed by atoms with Gasteiger partial charge in [0.2, 0.25) is 0 Å². The van der Waals surface area contributed by atoms with E-state index in [4.69, 9.17) is 11.6 Å². The summed E-state index contributed by atoms with van der Waals surface area (Å²) in [6.45, 7) is 0.353. The van der Waals surface area contributed by atoms with Crippen molar-refractivity contribution in [3.8, 4) is 0 Å². The molecule has 6 heteroatoms. The van der Waals surface area contributed by atoms with Gasteiger partial charge in [-0.05, 0) is 42.6 Å². The van der Waals surface area contributed by atoms with Crippen LogP contribution in [0.25, 0.3) is 10.8 Å². The zero-order valence-electron chi connectivity index (χ0n) is 14.0. The molecule has 0 saturated carbocycles. The highest BCUT2D eigenvalue weighted by Crippen LogP contribution is 2.26. The summed E-state index contributed by atoms with van der Waals surface area (Å²) in [7, 11) is 3.78. The maximum Gasteiger partial charge on any atom is 0.325 e. The van der Waals surface area contributed by atoms with Crippen LogP contribution in [-0.4, -0.2) is 36.1 Å². The number of hydrogen-bond acceptors (Lipinski definition) is 2. The molecule has 4 nitrogen and oxygen atoms in total. The highest BCUT2D eigenvalue weighted by atomic mass is 35.5. The van der Waals surface area contributed by atoms with Crippen molar-refractivity contribution in [3.05, 3.63) is 71.3 Å². The van der Waals surface area contributed by atoms with E-state index in [-0.39, 0.29) is 17.9 Å². The summed E-state index contributed by atoms with van der Waals surface area (Å²) in [6.07, 6.45) is 3.58. The van der Waals surface area contributed by atoms with Crippen LogP contribution in [0.3, 0.4) is 0 Å². The first-order valence-corrected chi connectivity index (χ1v) is 8.30.